The van der Waals surface area contributed by atoms with Crippen LogP contribution in [0.5, 0.6) is 0 Å². The van der Waals surface area contributed by atoms with Crippen molar-refractivity contribution in [3.05, 3.63) is 52.0 Å². The molecule has 4 aromatic rings. The van der Waals surface area contributed by atoms with Crippen LogP contribution in [-0.2, 0) is 0 Å². The lowest BCUT2D eigenvalue weighted by Crippen LogP contribution is -2.41. The zero-order valence-corrected chi connectivity index (χ0v) is 19.5. The van der Waals surface area contributed by atoms with Crippen LogP contribution < -0.4 is 10.6 Å². The minimum Gasteiger partial charge on any atom is -0.365 e. The van der Waals surface area contributed by atoms with Crippen LogP contribution in [0.1, 0.15) is 40.9 Å². The zero-order chi connectivity index (χ0) is 22.9. The molecule has 0 bridgehead atoms. The van der Waals surface area contributed by atoms with Gasteiger partial charge in [-0.1, -0.05) is 0 Å². The average molecular weight is 486 g/mol. The number of hydrogen-bond acceptors (Lipinski definition) is 7. The third-order valence-electron chi connectivity index (χ3n) is 5.68. The van der Waals surface area contributed by atoms with Gasteiger partial charge < -0.3 is 10.6 Å². The quantitative estimate of drug-likeness (QED) is 0.416. The highest BCUT2D eigenvalue weighted by molar-refractivity contribution is 7.32. The SMILES string of the molecule is Cc1cc(C(=O)NC2CCCC(Nc3nc(-c4n[pH]c5ncc(F)cc45)ncc3F)C2)cs1. The first-order chi connectivity index (χ1) is 16.0. The maximum absolute atomic E-state index is 14.5. The molecule has 0 aromatic carbocycles. The van der Waals surface area contributed by atoms with Crippen molar-refractivity contribution in [3.8, 4) is 11.5 Å². The predicted molar refractivity (Wildman–Crippen MR) is 126 cm³/mol. The van der Waals surface area contributed by atoms with E-state index in [1.54, 1.807) is 11.3 Å². The Balaban J connectivity index is 1.31. The Morgan fingerprint density at radius 2 is 2.03 bits per heavy atom. The topological polar surface area (TPSA) is 92.7 Å². The van der Waals surface area contributed by atoms with Gasteiger partial charge >= 0.3 is 0 Å². The number of aryl methyl sites for hydroxylation is 1. The van der Waals surface area contributed by atoms with Crippen molar-refractivity contribution in [2.24, 2.45) is 0 Å². The summed E-state index contributed by atoms with van der Waals surface area (Å²) in [5, 5.41) is 9.33. The molecule has 33 heavy (non-hydrogen) atoms. The number of nitrogens with one attached hydrogen (secondary N) is 2. The molecule has 4 heterocycles. The van der Waals surface area contributed by atoms with Gasteiger partial charge in [-0.25, -0.2) is 28.5 Å². The van der Waals surface area contributed by atoms with Crippen molar-refractivity contribution in [3.63, 3.8) is 0 Å². The molecule has 1 amide bonds. The number of anilines is 1. The Morgan fingerprint density at radius 1 is 1.18 bits per heavy atom. The normalized spacial score (nSPS) is 18.6. The van der Waals surface area contributed by atoms with Crippen molar-refractivity contribution >= 4 is 42.0 Å². The molecule has 2 N–H and O–H groups in total. The number of fused-ring (bicyclic) bond motifs is 1. The number of rotatable bonds is 5. The van der Waals surface area contributed by atoms with Crippen LogP contribution >= 0.6 is 19.7 Å². The van der Waals surface area contributed by atoms with Crippen LogP contribution in [-0.4, -0.2) is 37.7 Å². The van der Waals surface area contributed by atoms with E-state index >= 15 is 0 Å². The first kappa shape index (κ1) is 21.9. The zero-order valence-electron chi connectivity index (χ0n) is 17.7. The van der Waals surface area contributed by atoms with E-state index in [0.29, 0.717) is 28.3 Å². The van der Waals surface area contributed by atoms with Crippen molar-refractivity contribution < 1.29 is 13.6 Å². The van der Waals surface area contributed by atoms with Crippen LogP contribution in [0, 0.1) is 18.6 Å². The summed E-state index contributed by atoms with van der Waals surface area (Å²) in [6, 6.07) is 3.17. The van der Waals surface area contributed by atoms with Gasteiger partial charge in [0, 0.05) is 27.7 Å². The molecule has 1 fully saturated rings. The Hall–Kier alpha value is -2.97. The number of pyridine rings is 1. The number of thiophene rings is 1. The smallest absolute Gasteiger partial charge is 0.252 e. The summed E-state index contributed by atoms with van der Waals surface area (Å²) in [5.41, 5.74) is 1.08. The van der Waals surface area contributed by atoms with Gasteiger partial charge in [-0.3, -0.25) is 4.79 Å². The molecule has 1 saturated carbocycles. The molecule has 11 heteroatoms. The summed E-state index contributed by atoms with van der Waals surface area (Å²) in [5.74, 6) is -0.820. The highest BCUT2D eigenvalue weighted by atomic mass is 32.1. The molecule has 1 aliphatic rings. The molecule has 1 aliphatic carbocycles. The van der Waals surface area contributed by atoms with Crippen molar-refractivity contribution in [2.45, 2.75) is 44.7 Å². The Kier molecular flexibility index (Phi) is 6.03. The molecule has 3 unspecified atom stereocenters. The largest absolute Gasteiger partial charge is 0.365 e. The van der Waals surface area contributed by atoms with E-state index in [1.165, 1.54) is 6.07 Å². The van der Waals surface area contributed by atoms with Crippen molar-refractivity contribution in [1.29, 1.82) is 0 Å². The van der Waals surface area contributed by atoms with Gasteiger partial charge in [0.2, 0.25) is 0 Å². The first-order valence-electron chi connectivity index (χ1n) is 10.6. The summed E-state index contributed by atoms with van der Waals surface area (Å²) in [7, 11) is 0.0411. The Morgan fingerprint density at radius 3 is 2.85 bits per heavy atom. The molecule has 4 aromatic heterocycles. The molecule has 7 nitrogen and oxygen atoms in total. The van der Waals surface area contributed by atoms with Crippen LogP contribution in [0.2, 0.25) is 0 Å². The molecule has 0 spiro atoms. The lowest BCUT2D eigenvalue weighted by molar-refractivity contribution is 0.0927. The number of amides is 1. The van der Waals surface area contributed by atoms with E-state index in [1.807, 2.05) is 18.4 Å². The summed E-state index contributed by atoms with van der Waals surface area (Å²) >= 11 is 1.54. The third kappa shape index (κ3) is 4.72. The van der Waals surface area contributed by atoms with E-state index in [4.69, 9.17) is 0 Å². The number of aromatic nitrogens is 4. The number of hydrogen-bond donors (Lipinski definition) is 2. The number of halogens is 2. The molecular formula is C22H21F2N6OPS. The van der Waals surface area contributed by atoms with E-state index in [2.05, 4.69) is 30.3 Å². The van der Waals surface area contributed by atoms with Crippen LogP contribution in [0.4, 0.5) is 14.6 Å². The Labute approximate surface area is 194 Å². The molecule has 3 atom stereocenters. The second-order valence-corrected chi connectivity index (χ2v) is 10.2. The highest BCUT2D eigenvalue weighted by Gasteiger charge is 2.25. The fourth-order valence-electron chi connectivity index (χ4n) is 4.11. The lowest BCUT2D eigenvalue weighted by Gasteiger charge is -2.30. The van der Waals surface area contributed by atoms with Gasteiger partial charge in [0.1, 0.15) is 16.8 Å². The summed E-state index contributed by atoms with van der Waals surface area (Å²) in [6.45, 7) is 1.97. The minimum atomic E-state index is -0.572. The molecule has 5 rings (SSSR count). The van der Waals surface area contributed by atoms with E-state index in [0.717, 1.165) is 36.5 Å². The molecular weight excluding hydrogens is 465 g/mol. The molecule has 0 aliphatic heterocycles. The number of carbonyl (C=O) groups is 1. The van der Waals surface area contributed by atoms with Crippen molar-refractivity contribution in [1.82, 2.24) is 25.0 Å². The van der Waals surface area contributed by atoms with Crippen LogP contribution in [0.3, 0.4) is 0 Å². The van der Waals surface area contributed by atoms with Crippen LogP contribution in [0.15, 0.2) is 29.9 Å². The average Bonchev–Trinajstić information content (AvgIpc) is 3.42. The van der Waals surface area contributed by atoms with Gasteiger partial charge in [-0.15, -0.1) is 11.3 Å². The molecule has 0 radical (unpaired) electrons. The van der Waals surface area contributed by atoms with E-state index in [-0.39, 0.29) is 38.0 Å². The van der Waals surface area contributed by atoms with E-state index < -0.39 is 11.6 Å². The monoisotopic (exact) mass is 486 g/mol. The molecule has 0 saturated heterocycles. The maximum atomic E-state index is 14.5. The van der Waals surface area contributed by atoms with E-state index in [9.17, 15) is 13.6 Å². The van der Waals surface area contributed by atoms with Gasteiger partial charge in [0.25, 0.3) is 5.91 Å². The second kappa shape index (κ2) is 9.11. The second-order valence-electron chi connectivity index (χ2n) is 8.14. The Bertz CT molecular complexity index is 1330. The van der Waals surface area contributed by atoms with Crippen molar-refractivity contribution in [2.75, 3.05) is 5.32 Å². The minimum absolute atomic E-state index is 0.00495. The summed E-state index contributed by atoms with van der Waals surface area (Å²) < 4.78 is 32.6. The summed E-state index contributed by atoms with van der Waals surface area (Å²) in [4.78, 5) is 26.1. The third-order valence-corrected chi connectivity index (χ3v) is 7.49. The lowest BCUT2D eigenvalue weighted by atomic mass is 9.90. The summed E-state index contributed by atoms with van der Waals surface area (Å²) in [6.07, 6.45) is 5.52. The van der Waals surface area contributed by atoms with Gasteiger partial charge in [0.05, 0.1) is 18.0 Å². The van der Waals surface area contributed by atoms with Gasteiger partial charge in [-0.2, -0.15) is 0 Å². The first-order valence-corrected chi connectivity index (χ1v) is 12.4. The van der Waals surface area contributed by atoms with Crippen LogP contribution in [0.25, 0.3) is 22.2 Å². The maximum Gasteiger partial charge on any atom is 0.252 e. The number of nitrogens with zero attached hydrogens (tertiary/aromatic N) is 4. The predicted octanol–water partition coefficient (Wildman–Crippen LogP) is 4.92. The molecule has 170 valence electrons. The van der Waals surface area contributed by atoms with Gasteiger partial charge in [-0.05, 0) is 53.1 Å². The standard InChI is InChI=1S/C22H21F2N6OPS/c1-11-5-12(10-33-11)21(31)28-15-4-2-3-14(7-15)27-19-17(24)9-25-20(29-19)18-16-6-13(23)8-26-22(16)32-30-18/h5-6,8-10,14-15,32H,2-4,7H2,1H3,(H,28,31)(H,25,27,29). The highest BCUT2D eigenvalue weighted by Crippen LogP contribution is 2.32. The fourth-order valence-corrected chi connectivity index (χ4v) is 5.66. The van der Waals surface area contributed by atoms with Gasteiger partial charge in [0.15, 0.2) is 17.5 Å². The number of carbonyl (C=O) groups excluding carboxylic acids is 1. The fraction of sp³-hybridized carbons (Fsp3) is 0.318.